The summed E-state index contributed by atoms with van der Waals surface area (Å²) in [6.07, 6.45) is 0. The minimum atomic E-state index is -0.465. The summed E-state index contributed by atoms with van der Waals surface area (Å²) in [6, 6.07) is 141. The minimum Gasteiger partial charge on any atom is -0.311 e. The standard InChI is InChI=1S/C96H76N6/c1-95(2)87-65-85(99(77-37-21-9-22-38-77)83-57-49-71(50-58-83)69-45-53-81(54-46-69)97(73-29-13-5-14-30-73)74-31-15-6-16-32-74)61-63-91(87)101(79-41-25-11-26-42-79)93-68-90-94(67-89(93)95)102(80-43-27-12-28-44-80)92-64-62-86(66-88(92)96(90,3)4)100(78-39-23-10-24-40-78)84-59-51-72(52-60-84)70-47-55-82(56-48-70)98(75-33-17-7-18-34-75)76-35-19-8-20-36-76/h5-68H,1-4H3. The van der Waals surface area contributed by atoms with Crippen LogP contribution in [0.4, 0.5) is 102 Å². The average molecular weight is 1310 g/mol. The summed E-state index contributed by atoms with van der Waals surface area (Å²) in [5.41, 5.74) is 28.7. The predicted octanol–water partition coefficient (Wildman–Crippen LogP) is 27.1. The molecule has 0 atom stereocenters. The largest absolute Gasteiger partial charge is 0.311 e. The number of benzene rings is 15. The van der Waals surface area contributed by atoms with E-state index in [4.69, 9.17) is 0 Å². The second kappa shape index (κ2) is 26.4. The van der Waals surface area contributed by atoms with E-state index in [0.29, 0.717) is 0 Å². The average Bonchev–Trinajstić information content (AvgIpc) is 0.696. The van der Waals surface area contributed by atoms with Gasteiger partial charge in [0.1, 0.15) is 0 Å². The summed E-state index contributed by atoms with van der Waals surface area (Å²) < 4.78 is 0. The van der Waals surface area contributed by atoms with Gasteiger partial charge in [-0.25, -0.2) is 0 Å². The van der Waals surface area contributed by atoms with Gasteiger partial charge in [0.05, 0.1) is 22.7 Å². The van der Waals surface area contributed by atoms with Gasteiger partial charge < -0.3 is 29.4 Å². The van der Waals surface area contributed by atoms with E-state index in [-0.39, 0.29) is 0 Å². The fraction of sp³-hybridized carbons (Fsp3) is 0.0625. The van der Waals surface area contributed by atoms with Gasteiger partial charge in [-0.15, -0.1) is 0 Å². The van der Waals surface area contributed by atoms with Crippen LogP contribution in [0, 0.1) is 0 Å². The molecule has 15 aromatic rings. The third-order valence-electron chi connectivity index (χ3n) is 20.5. The highest BCUT2D eigenvalue weighted by Crippen LogP contribution is 2.60. The first kappa shape index (κ1) is 62.6. The second-order valence-corrected chi connectivity index (χ2v) is 27.4. The van der Waals surface area contributed by atoms with Gasteiger partial charge in [-0.05, 0) is 239 Å². The van der Waals surface area contributed by atoms with Crippen LogP contribution in [0.25, 0.3) is 22.3 Å². The molecule has 0 bridgehead atoms. The molecular weight excluding hydrogens is 1240 g/mol. The van der Waals surface area contributed by atoms with Crippen molar-refractivity contribution in [1.29, 1.82) is 0 Å². The zero-order valence-electron chi connectivity index (χ0n) is 57.6. The number of nitrogens with zero attached hydrogens (tertiary/aromatic N) is 6. The quantitative estimate of drug-likeness (QED) is 0.0953. The van der Waals surface area contributed by atoms with E-state index in [9.17, 15) is 0 Å². The highest BCUT2D eigenvalue weighted by molar-refractivity contribution is 5.95. The van der Waals surface area contributed by atoms with Gasteiger partial charge in [0.15, 0.2) is 0 Å². The van der Waals surface area contributed by atoms with Crippen LogP contribution < -0.4 is 29.4 Å². The van der Waals surface area contributed by atoms with Crippen molar-refractivity contribution in [3.8, 4) is 22.3 Å². The Balaban J connectivity index is 0.730. The number of rotatable bonds is 16. The Morgan fingerprint density at radius 1 is 0.176 bits per heavy atom. The number of hydrogen-bond acceptors (Lipinski definition) is 6. The number of para-hydroxylation sites is 8. The first-order chi connectivity index (χ1) is 50.1. The lowest BCUT2D eigenvalue weighted by Crippen LogP contribution is -2.35. The molecule has 2 aliphatic heterocycles. The van der Waals surface area contributed by atoms with Crippen LogP contribution in [0.1, 0.15) is 49.9 Å². The smallest absolute Gasteiger partial charge is 0.0507 e. The Labute approximate surface area is 599 Å². The summed E-state index contributed by atoms with van der Waals surface area (Å²) in [7, 11) is 0. The SMILES string of the molecule is CC1(C)c2cc(N(c3ccccc3)c3ccc(-c4ccc(N(c5ccccc5)c5ccccc5)cc4)cc3)ccc2N(c2ccccc2)c2cc3c(cc21)N(c1ccccc1)c1ccc(N(c2ccccc2)c2ccc(-c4ccc(N(c5ccccc5)c5ccccc5)cc4)cc2)cc1C3(C)C. The highest BCUT2D eigenvalue weighted by Gasteiger charge is 2.44. The molecule has 0 spiro atoms. The Morgan fingerprint density at radius 3 is 0.598 bits per heavy atom. The molecule has 0 amide bonds. The molecule has 2 heterocycles. The van der Waals surface area contributed by atoms with Crippen LogP contribution in [0.5, 0.6) is 0 Å². The molecule has 0 unspecified atom stereocenters. The van der Waals surface area contributed by atoms with Crippen molar-refractivity contribution >= 4 is 102 Å². The predicted molar refractivity (Wildman–Crippen MR) is 430 cm³/mol. The van der Waals surface area contributed by atoms with Gasteiger partial charge in [-0.2, -0.15) is 0 Å². The van der Waals surface area contributed by atoms with E-state index in [1.807, 2.05) is 0 Å². The van der Waals surface area contributed by atoms with Gasteiger partial charge in [0, 0.05) is 90.5 Å². The van der Waals surface area contributed by atoms with E-state index < -0.39 is 10.8 Å². The molecule has 0 aromatic heterocycles. The van der Waals surface area contributed by atoms with Crippen molar-refractivity contribution in [1.82, 2.24) is 0 Å². The van der Waals surface area contributed by atoms with Crippen LogP contribution in [0.15, 0.2) is 388 Å². The van der Waals surface area contributed by atoms with Crippen molar-refractivity contribution in [2.75, 3.05) is 29.4 Å². The molecule has 0 saturated heterocycles. The number of hydrogen-bond donors (Lipinski definition) is 0. The highest BCUT2D eigenvalue weighted by atomic mass is 15.2. The Morgan fingerprint density at radius 2 is 0.363 bits per heavy atom. The van der Waals surface area contributed by atoms with E-state index >= 15 is 0 Å². The maximum Gasteiger partial charge on any atom is 0.0507 e. The van der Waals surface area contributed by atoms with Crippen LogP contribution in [0.3, 0.4) is 0 Å². The zero-order valence-corrected chi connectivity index (χ0v) is 57.6. The fourth-order valence-corrected chi connectivity index (χ4v) is 15.4. The third-order valence-corrected chi connectivity index (χ3v) is 20.5. The number of fused-ring (bicyclic) bond motifs is 4. The molecule has 102 heavy (non-hydrogen) atoms. The first-order valence-electron chi connectivity index (χ1n) is 35.2. The summed E-state index contributed by atoms with van der Waals surface area (Å²) >= 11 is 0. The Kier molecular flexibility index (Phi) is 16.2. The van der Waals surface area contributed by atoms with Crippen molar-refractivity contribution in [2.45, 2.75) is 38.5 Å². The molecule has 2 aliphatic rings. The normalized spacial score (nSPS) is 13.0. The van der Waals surface area contributed by atoms with Crippen molar-refractivity contribution in [3.63, 3.8) is 0 Å². The lowest BCUT2D eigenvalue weighted by molar-refractivity contribution is 0.615. The summed E-state index contributed by atoms with van der Waals surface area (Å²) in [4.78, 5) is 14.4. The molecule has 0 radical (unpaired) electrons. The monoisotopic (exact) mass is 1310 g/mol. The van der Waals surface area contributed by atoms with Crippen molar-refractivity contribution in [2.24, 2.45) is 0 Å². The van der Waals surface area contributed by atoms with Crippen LogP contribution in [0.2, 0.25) is 0 Å². The molecule has 0 saturated carbocycles. The van der Waals surface area contributed by atoms with E-state index in [2.05, 4.69) is 445 Å². The van der Waals surface area contributed by atoms with E-state index in [0.717, 1.165) is 113 Å². The molecule has 6 heteroatoms. The van der Waals surface area contributed by atoms with Crippen LogP contribution >= 0.6 is 0 Å². The molecular formula is C96H76N6. The molecule has 0 N–H and O–H groups in total. The number of anilines is 18. The third kappa shape index (κ3) is 11.5. The summed E-state index contributed by atoms with van der Waals surface area (Å²) in [5, 5.41) is 0. The first-order valence-corrected chi connectivity index (χ1v) is 35.2. The van der Waals surface area contributed by atoms with Gasteiger partial charge in [-0.3, -0.25) is 0 Å². The lowest BCUT2D eigenvalue weighted by atomic mass is 9.68. The minimum absolute atomic E-state index is 0.465. The van der Waals surface area contributed by atoms with Crippen LogP contribution in [-0.4, -0.2) is 0 Å². The summed E-state index contributed by atoms with van der Waals surface area (Å²) in [6.45, 7) is 9.68. The molecule has 17 rings (SSSR count). The van der Waals surface area contributed by atoms with Gasteiger partial charge in [-0.1, -0.05) is 222 Å². The van der Waals surface area contributed by atoms with Crippen molar-refractivity contribution in [3.05, 3.63) is 411 Å². The molecule has 6 nitrogen and oxygen atoms in total. The second-order valence-electron chi connectivity index (χ2n) is 27.4. The van der Waals surface area contributed by atoms with Gasteiger partial charge in [0.2, 0.25) is 0 Å². The van der Waals surface area contributed by atoms with Gasteiger partial charge in [0.25, 0.3) is 0 Å². The molecule has 15 aromatic carbocycles. The Hall–Kier alpha value is -12.9. The molecule has 490 valence electrons. The maximum absolute atomic E-state index is 2.52. The lowest BCUT2D eigenvalue weighted by Gasteiger charge is -2.47. The Bertz CT molecular complexity index is 4990. The fourth-order valence-electron chi connectivity index (χ4n) is 15.4. The molecule has 0 fully saturated rings. The zero-order chi connectivity index (χ0) is 68.7. The van der Waals surface area contributed by atoms with E-state index in [1.165, 1.54) is 33.6 Å². The van der Waals surface area contributed by atoms with Crippen molar-refractivity contribution < 1.29 is 0 Å². The summed E-state index contributed by atoms with van der Waals surface area (Å²) in [5.74, 6) is 0. The molecule has 0 aliphatic carbocycles. The van der Waals surface area contributed by atoms with E-state index in [1.54, 1.807) is 0 Å². The van der Waals surface area contributed by atoms with Gasteiger partial charge >= 0.3 is 0 Å². The maximum atomic E-state index is 2.52. The topological polar surface area (TPSA) is 19.4 Å². The van der Waals surface area contributed by atoms with Crippen LogP contribution in [-0.2, 0) is 10.8 Å².